The number of hydrogen-bond acceptors (Lipinski definition) is 4. The Bertz CT molecular complexity index is 906. The lowest BCUT2D eigenvalue weighted by molar-refractivity contribution is -0.113. The summed E-state index contributed by atoms with van der Waals surface area (Å²) in [6.07, 6.45) is 0. The summed E-state index contributed by atoms with van der Waals surface area (Å²) in [4.78, 5) is 25.1. The number of carbonyl (C=O) groups is 2. The number of urea groups is 1. The molecule has 0 unspecified atom stereocenters. The van der Waals surface area contributed by atoms with Gasteiger partial charge in [0.1, 0.15) is 11.5 Å². The predicted molar refractivity (Wildman–Crippen MR) is 106 cm³/mol. The van der Waals surface area contributed by atoms with Crippen LogP contribution < -0.4 is 25.4 Å². The number of para-hydroxylation sites is 2. The fraction of sp³-hybridized carbons (Fsp3) is 0.238. The molecule has 1 heterocycles. The number of allylic oxidation sites excluding steroid dienone is 1. The van der Waals surface area contributed by atoms with Crippen LogP contribution in [-0.2, 0) is 4.79 Å². The molecule has 3 N–H and O–H groups in total. The first kappa shape index (κ1) is 19.3. The highest BCUT2D eigenvalue weighted by Gasteiger charge is 2.31. The molecule has 0 saturated heterocycles. The SMILES string of the molecule is CCOc1ccccc1NC(=O)C1=C(C)NC(=O)N[C@@H]1c1ccc(OC)cc1. The van der Waals surface area contributed by atoms with Gasteiger partial charge in [0.15, 0.2) is 0 Å². The normalized spacial score (nSPS) is 16.1. The molecule has 1 aliphatic heterocycles. The minimum absolute atomic E-state index is 0.321. The third kappa shape index (κ3) is 4.09. The Kier molecular flexibility index (Phi) is 5.84. The van der Waals surface area contributed by atoms with Gasteiger partial charge >= 0.3 is 6.03 Å². The van der Waals surface area contributed by atoms with Crippen LogP contribution in [0.3, 0.4) is 0 Å². The smallest absolute Gasteiger partial charge is 0.319 e. The van der Waals surface area contributed by atoms with Crippen molar-refractivity contribution in [1.82, 2.24) is 10.6 Å². The molecule has 28 heavy (non-hydrogen) atoms. The molecular weight excluding hydrogens is 358 g/mol. The van der Waals surface area contributed by atoms with E-state index >= 15 is 0 Å². The third-order valence-electron chi connectivity index (χ3n) is 4.40. The van der Waals surface area contributed by atoms with Crippen LogP contribution in [0.15, 0.2) is 59.8 Å². The van der Waals surface area contributed by atoms with Crippen molar-refractivity contribution in [2.75, 3.05) is 19.0 Å². The topological polar surface area (TPSA) is 88.7 Å². The van der Waals surface area contributed by atoms with E-state index in [-0.39, 0.29) is 11.9 Å². The monoisotopic (exact) mass is 381 g/mol. The first-order valence-corrected chi connectivity index (χ1v) is 8.99. The quantitative estimate of drug-likeness (QED) is 0.716. The lowest BCUT2D eigenvalue weighted by atomic mass is 9.94. The molecule has 0 fully saturated rings. The minimum Gasteiger partial charge on any atom is -0.497 e. The summed E-state index contributed by atoms with van der Waals surface area (Å²) in [7, 11) is 1.58. The van der Waals surface area contributed by atoms with E-state index in [0.717, 1.165) is 5.56 Å². The highest BCUT2D eigenvalue weighted by molar-refractivity contribution is 6.07. The molecule has 7 nitrogen and oxygen atoms in total. The van der Waals surface area contributed by atoms with Crippen LogP contribution in [0.5, 0.6) is 11.5 Å². The molecule has 0 saturated carbocycles. The summed E-state index contributed by atoms with van der Waals surface area (Å²) in [5, 5.41) is 8.38. The van der Waals surface area contributed by atoms with Crippen molar-refractivity contribution >= 4 is 17.6 Å². The molecule has 3 amide bonds. The molecule has 1 aliphatic rings. The van der Waals surface area contributed by atoms with E-state index in [4.69, 9.17) is 9.47 Å². The highest BCUT2D eigenvalue weighted by Crippen LogP contribution is 2.30. The van der Waals surface area contributed by atoms with Gasteiger partial charge in [-0.1, -0.05) is 24.3 Å². The van der Waals surface area contributed by atoms with Crippen LogP contribution in [0.2, 0.25) is 0 Å². The molecule has 2 aromatic rings. The minimum atomic E-state index is -0.584. The highest BCUT2D eigenvalue weighted by atomic mass is 16.5. The Hall–Kier alpha value is -3.48. The van der Waals surface area contributed by atoms with E-state index in [9.17, 15) is 9.59 Å². The average Bonchev–Trinajstić information content (AvgIpc) is 2.69. The van der Waals surface area contributed by atoms with Gasteiger partial charge in [0.2, 0.25) is 0 Å². The molecular formula is C21H23N3O4. The molecule has 1 atom stereocenters. The van der Waals surface area contributed by atoms with Crippen molar-refractivity contribution in [3.8, 4) is 11.5 Å². The molecule has 0 aromatic heterocycles. The number of hydrogen-bond donors (Lipinski definition) is 3. The molecule has 3 rings (SSSR count). The number of nitrogens with one attached hydrogen (secondary N) is 3. The Labute approximate surface area is 163 Å². The van der Waals surface area contributed by atoms with E-state index in [0.29, 0.717) is 35.1 Å². The Morgan fingerprint density at radius 2 is 1.86 bits per heavy atom. The maximum Gasteiger partial charge on any atom is 0.319 e. The lowest BCUT2D eigenvalue weighted by Gasteiger charge is -2.29. The van der Waals surface area contributed by atoms with E-state index in [1.54, 1.807) is 38.3 Å². The maximum atomic E-state index is 13.1. The summed E-state index contributed by atoms with van der Waals surface area (Å²) in [5.74, 6) is 0.963. The number of methoxy groups -OCH3 is 1. The van der Waals surface area contributed by atoms with Gasteiger partial charge in [0.05, 0.1) is 31.0 Å². The first-order chi connectivity index (χ1) is 13.5. The van der Waals surface area contributed by atoms with Crippen LogP contribution in [0.1, 0.15) is 25.5 Å². The second-order valence-corrected chi connectivity index (χ2v) is 6.23. The second kappa shape index (κ2) is 8.47. The number of rotatable bonds is 6. The van der Waals surface area contributed by atoms with Gasteiger partial charge in [0, 0.05) is 5.70 Å². The van der Waals surface area contributed by atoms with Gasteiger partial charge in [-0.15, -0.1) is 0 Å². The predicted octanol–water partition coefficient (Wildman–Crippen LogP) is 3.36. The fourth-order valence-corrected chi connectivity index (χ4v) is 3.08. The third-order valence-corrected chi connectivity index (χ3v) is 4.40. The van der Waals surface area contributed by atoms with Gasteiger partial charge in [-0.05, 0) is 43.7 Å². The molecule has 7 heteroatoms. The lowest BCUT2D eigenvalue weighted by Crippen LogP contribution is -2.45. The summed E-state index contributed by atoms with van der Waals surface area (Å²) >= 11 is 0. The Morgan fingerprint density at radius 3 is 2.54 bits per heavy atom. The zero-order chi connectivity index (χ0) is 20.1. The van der Waals surface area contributed by atoms with Gasteiger partial charge in [-0.25, -0.2) is 4.79 Å². The Balaban J connectivity index is 1.92. The number of anilines is 1. The van der Waals surface area contributed by atoms with Crippen molar-refractivity contribution < 1.29 is 19.1 Å². The largest absolute Gasteiger partial charge is 0.497 e. The van der Waals surface area contributed by atoms with Crippen molar-refractivity contribution in [2.24, 2.45) is 0 Å². The van der Waals surface area contributed by atoms with Gasteiger partial charge in [0.25, 0.3) is 5.91 Å². The summed E-state index contributed by atoms with van der Waals surface area (Å²) in [6, 6.07) is 13.5. The summed E-state index contributed by atoms with van der Waals surface area (Å²) in [6.45, 7) is 4.07. The number of amides is 3. The second-order valence-electron chi connectivity index (χ2n) is 6.23. The van der Waals surface area contributed by atoms with Crippen LogP contribution in [0.25, 0.3) is 0 Å². The number of carbonyl (C=O) groups excluding carboxylic acids is 2. The van der Waals surface area contributed by atoms with Crippen molar-refractivity contribution in [3.05, 3.63) is 65.4 Å². The first-order valence-electron chi connectivity index (χ1n) is 8.99. The van der Waals surface area contributed by atoms with E-state index in [1.807, 2.05) is 31.2 Å². The van der Waals surface area contributed by atoms with Crippen LogP contribution in [0, 0.1) is 0 Å². The number of benzene rings is 2. The molecule has 0 bridgehead atoms. The van der Waals surface area contributed by atoms with Crippen LogP contribution in [-0.4, -0.2) is 25.7 Å². The zero-order valence-electron chi connectivity index (χ0n) is 16.0. The average molecular weight is 381 g/mol. The zero-order valence-corrected chi connectivity index (χ0v) is 16.0. The van der Waals surface area contributed by atoms with Crippen molar-refractivity contribution in [3.63, 3.8) is 0 Å². The number of ether oxygens (including phenoxy) is 2. The maximum absolute atomic E-state index is 13.1. The van der Waals surface area contributed by atoms with E-state index < -0.39 is 6.04 Å². The summed E-state index contributed by atoms with van der Waals surface area (Å²) in [5.41, 5.74) is 2.27. The van der Waals surface area contributed by atoms with Gasteiger partial charge in [-0.2, -0.15) is 0 Å². The standard InChI is InChI=1S/C21H23N3O4/c1-4-28-17-8-6-5-7-16(17)23-20(25)18-13(2)22-21(26)24-19(18)14-9-11-15(27-3)12-10-14/h5-12,19H,4H2,1-3H3,(H,23,25)(H2,22,24,26)/t19-/m1/s1. The molecule has 146 valence electrons. The molecule has 0 spiro atoms. The van der Waals surface area contributed by atoms with Crippen molar-refractivity contribution in [2.45, 2.75) is 19.9 Å². The van der Waals surface area contributed by atoms with Crippen LogP contribution >= 0.6 is 0 Å². The van der Waals surface area contributed by atoms with Crippen molar-refractivity contribution in [1.29, 1.82) is 0 Å². The van der Waals surface area contributed by atoms with E-state index in [1.165, 1.54) is 0 Å². The van der Waals surface area contributed by atoms with Gasteiger partial charge in [-0.3, -0.25) is 4.79 Å². The van der Waals surface area contributed by atoms with Gasteiger partial charge < -0.3 is 25.4 Å². The molecule has 0 radical (unpaired) electrons. The van der Waals surface area contributed by atoms with E-state index in [2.05, 4.69) is 16.0 Å². The molecule has 2 aromatic carbocycles. The summed E-state index contributed by atoms with van der Waals surface area (Å²) < 4.78 is 10.8. The van der Waals surface area contributed by atoms with Crippen LogP contribution in [0.4, 0.5) is 10.5 Å². The molecule has 0 aliphatic carbocycles. The Morgan fingerprint density at radius 1 is 1.14 bits per heavy atom. The fourth-order valence-electron chi connectivity index (χ4n) is 3.08.